The molecule has 2 rings (SSSR count). The largest absolute Gasteiger partial charge is 0.263 e. The van der Waals surface area contributed by atoms with Crippen LogP contribution in [0.4, 0.5) is 5.82 Å². The Balaban J connectivity index is 2.40. The molecule has 0 amide bonds. The van der Waals surface area contributed by atoms with Gasteiger partial charge in [0, 0.05) is 11.2 Å². The summed E-state index contributed by atoms with van der Waals surface area (Å²) >= 11 is 5.82. The zero-order valence-electron chi connectivity index (χ0n) is 9.59. The van der Waals surface area contributed by atoms with E-state index in [1.54, 1.807) is 37.3 Å². The Bertz CT molecular complexity index is 657. The van der Waals surface area contributed by atoms with E-state index < -0.39 is 10.0 Å². The molecule has 94 valence electrons. The van der Waals surface area contributed by atoms with Gasteiger partial charge in [-0.2, -0.15) is 0 Å². The number of anilines is 1. The Kier molecular flexibility index (Phi) is 3.54. The van der Waals surface area contributed by atoms with E-state index in [9.17, 15) is 8.42 Å². The first-order chi connectivity index (χ1) is 8.49. The van der Waals surface area contributed by atoms with E-state index in [4.69, 9.17) is 11.6 Å². The first-order valence-electron chi connectivity index (χ1n) is 5.19. The maximum absolute atomic E-state index is 12.2. The number of sulfonamides is 1. The summed E-state index contributed by atoms with van der Waals surface area (Å²) in [6.07, 6.45) is 1.52. The number of aromatic nitrogens is 1. The number of rotatable bonds is 3. The van der Waals surface area contributed by atoms with Crippen LogP contribution in [0.2, 0.25) is 5.02 Å². The fraction of sp³-hybridized carbons (Fsp3) is 0.0833. The van der Waals surface area contributed by atoms with Gasteiger partial charge in [0.15, 0.2) is 0 Å². The highest BCUT2D eigenvalue weighted by Gasteiger charge is 2.17. The summed E-state index contributed by atoms with van der Waals surface area (Å²) in [4.78, 5) is 4.07. The van der Waals surface area contributed by atoms with Gasteiger partial charge in [-0.1, -0.05) is 23.7 Å². The predicted molar refractivity (Wildman–Crippen MR) is 71.2 cm³/mol. The van der Waals surface area contributed by atoms with E-state index in [2.05, 4.69) is 9.71 Å². The number of hydrogen-bond donors (Lipinski definition) is 1. The fourth-order valence-corrected chi connectivity index (χ4v) is 3.00. The zero-order chi connectivity index (χ0) is 13.2. The van der Waals surface area contributed by atoms with Crippen LogP contribution in [0, 0.1) is 6.92 Å². The Labute approximate surface area is 111 Å². The molecule has 0 saturated carbocycles. The quantitative estimate of drug-likeness (QED) is 0.942. The van der Waals surface area contributed by atoms with Crippen molar-refractivity contribution in [2.75, 3.05) is 4.72 Å². The number of halogens is 1. The van der Waals surface area contributed by atoms with Crippen LogP contribution in [-0.2, 0) is 10.0 Å². The van der Waals surface area contributed by atoms with Gasteiger partial charge in [-0.05, 0) is 36.8 Å². The smallest absolute Gasteiger partial charge is 0.263 e. The Morgan fingerprint density at radius 2 is 2.00 bits per heavy atom. The third-order valence-corrected chi connectivity index (χ3v) is 4.08. The molecule has 0 spiro atoms. The minimum atomic E-state index is -3.66. The first-order valence-corrected chi connectivity index (χ1v) is 7.05. The monoisotopic (exact) mass is 282 g/mol. The van der Waals surface area contributed by atoms with E-state index in [0.717, 1.165) is 0 Å². The van der Waals surface area contributed by atoms with Crippen molar-refractivity contribution in [3.63, 3.8) is 0 Å². The molecule has 1 heterocycles. The van der Waals surface area contributed by atoms with Crippen molar-refractivity contribution in [1.29, 1.82) is 0 Å². The Morgan fingerprint density at radius 3 is 2.67 bits per heavy atom. The van der Waals surface area contributed by atoms with Gasteiger partial charge in [-0.15, -0.1) is 0 Å². The summed E-state index contributed by atoms with van der Waals surface area (Å²) in [6.45, 7) is 1.71. The third kappa shape index (κ3) is 2.80. The minimum Gasteiger partial charge on any atom is -0.263 e. The summed E-state index contributed by atoms with van der Waals surface area (Å²) < 4.78 is 26.7. The number of hydrogen-bond acceptors (Lipinski definition) is 3. The first kappa shape index (κ1) is 12.9. The molecule has 0 aliphatic rings. The van der Waals surface area contributed by atoms with E-state index in [-0.39, 0.29) is 10.7 Å². The second-order valence-corrected chi connectivity index (χ2v) is 5.82. The molecule has 0 bridgehead atoms. The number of nitrogens with one attached hydrogen (secondary N) is 1. The van der Waals surface area contributed by atoms with E-state index >= 15 is 0 Å². The second kappa shape index (κ2) is 4.96. The maximum atomic E-state index is 12.2. The summed E-state index contributed by atoms with van der Waals surface area (Å²) in [7, 11) is -3.66. The predicted octanol–water partition coefficient (Wildman–Crippen LogP) is 2.84. The lowest BCUT2D eigenvalue weighted by Gasteiger charge is -2.09. The van der Waals surface area contributed by atoms with Gasteiger partial charge >= 0.3 is 0 Å². The highest BCUT2D eigenvalue weighted by Crippen LogP contribution is 2.21. The maximum Gasteiger partial charge on any atom is 0.263 e. The van der Waals surface area contributed by atoms with Gasteiger partial charge < -0.3 is 0 Å². The molecule has 0 atom stereocenters. The molecular formula is C12H11ClN2O2S. The Hall–Kier alpha value is -1.59. The number of aryl methyl sites for hydroxylation is 1. The lowest BCUT2D eigenvalue weighted by molar-refractivity contribution is 0.600. The van der Waals surface area contributed by atoms with E-state index in [0.29, 0.717) is 10.6 Å². The van der Waals surface area contributed by atoms with Gasteiger partial charge in [0.1, 0.15) is 5.82 Å². The Morgan fingerprint density at radius 1 is 1.22 bits per heavy atom. The molecule has 6 heteroatoms. The molecule has 0 aliphatic carbocycles. The van der Waals surface area contributed by atoms with Crippen LogP contribution in [0.3, 0.4) is 0 Å². The van der Waals surface area contributed by atoms with Crippen LogP contribution in [0.5, 0.6) is 0 Å². The number of pyridine rings is 1. The van der Waals surface area contributed by atoms with Crippen LogP contribution in [0.25, 0.3) is 0 Å². The van der Waals surface area contributed by atoms with Gasteiger partial charge in [-0.25, -0.2) is 13.4 Å². The highest BCUT2D eigenvalue weighted by molar-refractivity contribution is 7.92. The second-order valence-electron chi connectivity index (χ2n) is 3.73. The van der Waals surface area contributed by atoms with Crippen molar-refractivity contribution in [2.45, 2.75) is 11.8 Å². The van der Waals surface area contributed by atoms with Crippen molar-refractivity contribution in [2.24, 2.45) is 0 Å². The summed E-state index contributed by atoms with van der Waals surface area (Å²) in [5.74, 6) is 0.275. The van der Waals surface area contributed by atoms with Gasteiger partial charge in [-0.3, -0.25) is 4.72 Å². The molecule has 0 saturated heterocycles. The number of benzene rings is 1. The SMILES string of the molecule is Cc1ccc(Cl)cc1S(=O)(=O)Nc1ccccn1. The normalized spacial score (nSPS) is 11.2. The summed E-state index contributed by atoms with van der Waals surface area (Å²) in [6, 6.07) is 9.73. The van der Waals surface area contributed by atoms with Gasteiger partial charge in [0.2, 0.25) is 0 Å². The molecule has 4 nitrogen and oxygen atoms in total. The van der Waals surface area contributed by atoms with Crippen LogP contribution < -0.4 is 4.72 Å². The average molecular weight is 283 g/mol. The van der Waals surface area contributed by atoms with Crippen LogP contribution in [-0.4, -0.2) is 13.4 Å². The molecule has 0 unspecified atom stereocenters. The molecule has 1 aromatic heterocycles. The molecule has 18 heavy (non-hydrogen) atoms. The molecule has 2 aromatic rings. The zero-order valence-corrected chi connectivity index (χ0v) is 11.2. The standard InChI is InChI=1S/C12H11ClN2O2S/c1-9-5-6-10(13)8-11(9)18(16,17)15-12-4-2-3-7-14-12/h2-8H,1H3,(H,14,15). The molecule has 1 aromatic carbocycles. The van der Waals surface area contributed by atoms with Crippen molar-refractivity contribution < 1.29 is 8.42 Å². The topological polar surface area (TPSA) is 59.1 Å². The van der Waals surface area contributed by atoms with E-state index in [1.165, 1.54) is 12.3 Å². The molecule has 0 aliphatic heterocycles. The van der Waals surface area contributed by atoms with E-state index in [1.807, 2.05) is 0 Å². The van der Waals surface area contributed by atoms with Crippen LogP contribution in [0.1, 0.15) is 5.56 Å². The molecule has 0 radical (unpaired) electrons. The van der Waals surface area contributed by atoms with Crippen LogP contribution in [0.15, 0.2) is 47.5 Å². The lowest BCUT2D eigenvalue weighted by atomic mass is 10.2. The van der Waals surface area contributed by atoms with Gasteiger partial charge in [0.05, 0.1) is 4.90 Å². The fourth-order valence-electron chi connectivity index (χ4n) is 1.48. The summed E-state index contributed by atoms with van der Waals surface area (Å²) in [5.41, 5.74) is 0.628. The van der Waals surface area contributed by atoms with Crippen LogP contribution >= 0.6 is 11.6 Å². The van der Waals surface area contributed by atoms with Crippen molar-refractivity contribution in [3.05, 3.63) is 53.2 Å². The van der Waals surface area contributed by atoms with Gasteiger partial charge in [0.25, 0.3) is 10.0 Å². The minimum absolute atomic E-state index is 0.153. The third-order valence-electron chi connectivity index (χ3n) is 2.34. The molecule has 1 N–H and O–H groups in total. The van der Waals surface area contributed by atoms with Crippen molar-refractivity contribution >= 4 is 27.4 Å². The summed E-state index contributed by atoms with van der Waals surface area (Å²) in [5, 5.41) is 0.377. The van der Waals surface area contributed by atoms with Crippen molar-refractivity contribution in [3.8, 4) is 0 Å². The number of nitrogens with zero attached hydrogens (tertiary/aromatic N) is 1. The highest BCUT2D eigenvalue weighted by atomic mass is 35.5. The van der Waals surface area contributed by atoms with Crippen molar-refractivity contribution in [1.82, 2.24) is 4.98 Å². The average Bonchev–Trinajstić information content (AvgIpc) is 2.33. The molecular weight excluding hydrogens is 272 g/mol. The lowest BCUT2D eigenvalue weighted by Crippen LogP contribution is -2.15. The molecule has 0 fully saturated rings.